The molecule has 1 N–H and O–H groups in total. The number of hydrogen-bond acceptors (Lipinski definition) is 5. The van der Waals surface area contributed by atoms with Crippen LogP contribution >= 0.6 is 11.8 Å². The molecule has 3 aromatic rings. The molecule has 0 bridgehead atoms. The third kappa shape index (κ3) is 3.70. The second-order valence-corrected chi connectivity index (χ2v) is 6.43. The topological polar surface area (TPSA) is 72.2 Å². The van der Waals surface area contributed by atoms with Gasteiger partial charge in [-0.15, -0.1) is 10.2 Å². The predicted octanol–water partition coefficient (Wildman–Crippen LogP) is 2.55. The average molecular weight is 345 g/mol. The normalized spacial score (nSPS) is 11.2. The minimum atomic E-state index is -0.295. The van der Waals surface area contributed by atoms with Crippen molar-refractivity contribution < 1.29 is 9.18 Å². The van der Waals surface area contributed by atoms with Crippen molar-refractivity contribution in [3.8, 4) is 11.3 Å². The van der Waals surface area contributed by atoms with Crippen LogP contribution in [0.3, 0.4) is 0 Å². The van der Waals surface area contributed by atoms with Gasteiger partial charge in [-0.2, -0.15) is 9.61 Å². The van der Waals surface area contributed by atoms with Crippen LogP contribution in [0.4, 0.5) is 4.39 Å². The van der Waals surface area contributed by atoms with Crippen LogP contribution in [0.25, 0.3) is 16.9 Å². The highest BCUT2D eigenvalue weighted by Crippen LogP contribution is 2.20. The SMILES string of the molecule is CC(C)NC(=O)CSc1nnc2ccc(-c3ccc(F)cc3)nn12. The molecule has 1 amide bonds. The Morgan fingerprint density at radius 1 is 1.21 bits per heavy atom. The lowest BCUT2D eigenvalue weighted by atomic mass is 10.1. The number of carbonyl (C=O) groups is 1. The first-order chi connectivity index (χ1) is 11.5. The van der Waals surface area contributed by atoms with E-state index in [1.807, 2.05) is 13.8 Å². The van der Waals surface area contributed by atoms with Crippen LogP contribution in [0, 0.1) is 5.82 Å². The van der Waals surface area contributed by atoms with E-state index in [4.69, 9.17) is 0 Å². The Balaban J connectivity index is 1.83. The molecule has 3 rings (SSSR count). The maximum atomic E-state index is 13.0. The number of thioether (sulfide) groups is 1. The van der Waals surface area contributed by atoms with E-state index in [1.54, 1.807) is 28.8 Å². The van der Waals surface area contributed by atoms with Gasteiger partial charge in [-0.05, 0) is 50.2 Å². The minimum Gasteiger partial charge on any atom is -0.353 e. The monoisotopic (exact) mass is 345 g/mol. The summed E-state index contributed by atoms with van der Waals surface area (Å²) in [4.78, 5) is 11.8. The van der Waals surface area contributed by atoms with Gasteiger partial charge in [0.25, 0.3) is 0 Å². The van der Waals surface area contributed by atoms with Crippen molar-refractivity contribution in [1.29, 1.82) is 0 Å². The summed E-state index contributed by atoms with van der Waals surface area (Å²) in [6.07, 6.45) is 0. The molecule has 0 radical (unpaired) electrons. The number of nitrogens with one attached hydrogen (secondary N) is 1. The molecule has 0 aliphatic heterocycles. The molecule has 124 valence electrons. The van der Waals surface area contributed by atoms with Gasteiger partial charge in [0, 0.05) is 11.6 Å². The Bertz CT molecular complexity index is 863. The Kier molecular flexibility index (Phi) is 4.75. The van der Waals surface area contributed by atoms with E-state index in [0.29, 0.717) is 16.5 Å². The maximum absolute atomic E-state index is 13.0. The largest absolute Gasteiger partial charge is 0.353 e. The number of fused-ring (bicyclic) bond motifs is 1. The summed E-state index contributed by atoms with van der Waals surface area (Å²) in [5.74, 6) is -0.125. The van der Waals surface area contributed by atoms with Crippen molar-refractivity contribution >= 4 is 23.3 Å². The molecule has 0 unspecified atom stereocenters. The summed E-state index contributed by atoms with van der Waals surface area (Å²) in [6, 6.07) is 9.79. The van der Waals surface area contributed by atoms with Gasteiger partial charge in [0.05, 0.1) is 11.4 Å². The van der Waals surface area contributed by atoms with Crippen molar-refractivity contribution in [2.45, 2.75) is 25.0 Å². The fraction of sp³-hybridized carbons (Fsp3) is 0.250. The molecule has 0 saturated carbocycles. The van der Waals surface area contributed by atoms with Crippen molar-refractivity contribution in [1.82, 2.24) is 25.1 Å². The first kappa shape index (κ1) is 16.4. The molecule has 1 aromatic carbocycles. The number of carbonyl (C=O) groups excluding carboxylic acids is 1. The Morgan fingerprint density at radius 2 is 1.96 bits per heavy atom. The first-order valence-corrected chi connectivity index (χ1v) is 8.42. The third-order valence-electron chi connectivity index (χ3n) is 3.16. The molecule has 0 saturated heterocycles. The van der Waals surface area contributed by atoms with Crippen LogP contribution in [0.1, 0.15) is 13.8 Å². The summed E-state index contributed by atoms with van der Waals surface area (Å²) in [7, 11) is 0. The smallest absolute Gasteiger partial charge is 0.230 e. The molecule has 6 nitrogen and oxygen atoms in total. The van der Waals surface area contributed by atoms with E-state index in [9.17, 15) is 9.18 Å². The van der Waals surface area contributed by atoms with Crippen LogP contribution in [0.2, 0.25) is 0 Å². The lowest BCUT2D eigenvalue weighted by Gasteiger charge is -2.07. The highest BCUT2D eigenvalue weighted by molar-refractivity contribution is 7.99. The highest BCUT2D eigenvalue weighted by atomic mass is 32.2. The molecule has 0 fully saturated rings. The lowest BCUT2D eigenvalue weighted by Crippen LogP contribution is -2.31. The van der Waals surface area contributed by atoms with Crippen molar-refractivity contribution in [3.05, 3.63) is 42.2 Å². The number of nitrogens with zero attached hydrogens (tertiary/aromatic N) is 4. The maximum Gasteiger partial charge on any atom is 0.230 e. The number of halogens is 1. The van der Waals surface area contributed by atoms with Gasteiger partial charge in [-0.25, -0.2) is 4.39 Å². The van der Waals surface area contributed by atoms with Crippen molar-refractivity contribution in [2.75, 3.05) is 5.75 Å². The van der Waals surface area contributed by atoms with Gasteiger partial charge < -0.3 is 5.32 Å². The van der Waals surface area contributed by atoms with Gasteiger partial charge in [0.1, 0.15) is 5.82 Å². The highest BCUT2D eigenvalue weighted by Gasteiger charge is 2.12. The van der Waals surface area contributed by atoms with Crippen LogP contribution in [0.5, 0.6) is 0 Å². The first-order valence-electron chi connectivity index (χ1n) is 7.43. The van der Waals surface area contributed by atoms with Crippen LogP contribution in [-0.2, 0) is 4.79 Å². The summed E-state index contributed by atoms with van der Waals surface area (Å²) in [6.45, 7) is 3.82. The lowest BCUT2D eigenvalue weighted by molar-refractivity contribution is -0.119. The standard InChI is InChI=1S/C16H16FN5OS/c1-10(2)18-15(23)9-24-16-20-19-14-8-7-13(21-22(14)16)11-3-5-12(17)6-4-11/h3-8,10H,9H2,1-2H3,(H,18,23). The van der Waals surface area contributed by atoms with Crippen molar-refractivity contribution in [3.63, 3.8) is 0 Å². The fourth-order valence-electron chi connectivity index (χ4n) is 2.13. The zero-order valence-electron chi connectivity index (χ0n) is 13.2. The van der Waals surface area contributed by atoms with Gasteiger partial charge in [-0.3, -0.25) is 4.79 Å². The predicted molar refractivity (Wildman–Crippen MR) is 90.2 cm³/mol. The summed E-state index contributed by atoms with van der Waals surface area (Å²) >= 11 is 1.27. The fourth-order valence-corrected chi connectivity index (χ4v) is 2.83. The Labute approximate surface area is 142 Å². The minimum absolute atomic E-state index is 0.0681. The molecule has 0 spiro atoms. The van der Waals surface area contributed by atoms with Crippen molar-refractivity contribution in [2.24, 2.45) is 0 Å². The molecule has 2 heterocycles. The zero-order valence-corrected chi connectivity index (χ0v) is 14.0. The molecule has 0 aliphatic carbocycles. The molecule has 2 aromatic heterocycles. The number of hydrogen-bond donors (Lipinski definition) is 1. The van der Waals surface area contributed by atoms with E-state index < -0.39 is 0 Å². The van der Waals surface area contributed by atoms with E-state index in [0.717, 1.165) is 5.56 Å². The number of benzene rings is 1. The summed E-state index contributed by atoms with van der Waals surface area (Å²) < 4.78 is 14.6. The van der Waals surface area contributed by atoms with Crippen LogP contribution in [0.15, 0.2) is 41.6 Å². The van der Waals surface area contributed by atoms with Gasteiger partial charge in [0.2, 0.25) is 11.1 Å². The Morgan fingerprint density at radius 3 is 2.67 bits per heavy atom. The molecule has 8 heteroatoms. The number of rotatable bonds is 5. The Hall–Kier alpha value is -2.48. The molecular formula is C16H16FN5OS. The van der Waals surface area contributed by atoms with E-state index in [1.165, 1.54) is 23.9 Å². The summed E-state index contributed by atoms with van der Waals surface area (Å²) in [5, 5.41) is 16.0. The molecular weight excluding hydrogens is 329 g/mol. The summed E-state index contributed by atoms with van der Waals surface area (Å²) in [5.41, 5.74) is 2.06. The third-order valence-corrected chi connectivity index (χ3v) is 4.08. The number of aromatic nitrogens is 4. The zero-order chi connectivity index (χ0) is 17.1. The average Bonchev–Trinajstić information content (AvgIpc) is 2.95. The van der Waals surface area contributed by atoms with Gasteiger partial charge in [-0.1, -0.05) is 11.8 Å². The number of amides is 1. The van der Waals surface area contributed by atoms with Gasteiger partial charge in [0.15, 0.2) is 5.65 Å². The van der Waals surface area contributed by atoms with E-state index in [2.05, 4.69) is 20.6 Å². The quantitative estimate of drug-likeness (QED) is 0.720. The van der Waals surface area contributed by atoms with Crippen LogP contribution in [-0.4, -0.2) is 37.5 Å². The molecule has 0 aliphatic rings. The van der Waals surface area contributed by atoms with E-state index >= 15 is 0 Å². The molecule has 0 atom stereocenters. The molecule has 24 heavy (non-hydrogen) atoms. The van der Waals surface area contributed by atoms with E-state index in [-0.39, 0.29) is 23.5 Å². The second kappa shape index (κ2) is 6.96. The van der Waals surface area contributed by atoms with Crippen LogP contribution < -0.4 is 5.32 Å². The second-order valence-electron chi connectivity index (χ2n) is 5.49. The van der Waals surface area contributed by atoms with Gasteiger partial charge >= 0.3 is 0 Å².